The van der Waals surface area contributed by atoms with Crippen molar-refractivity contribution in [1.82, 2.24) is 0 Å². The fourth-order valence-corrected chi connectivity index (χ4v) is 0.889. The number of ether oxygens (including phenoxy) is 1. The van der Waals surface area contributed by atoms with E-state index in [0.717, 1.165) is 0 Å². The Labute approximate surface area is 70.0 Å². The molecule has 12 heavy (non-hydrogen) atoms. The topological polar surface area (TPSA) is 26.3 Å². The molecule has 1 atom stereocenters. The van der Waals surface area contributed by atoms with Gasteiger partial charge >= 0.3 is 0 Å². The SMILES string of the molecule is O=[C]C(OCF)c1ccccc1. The highest BCUT2D eigenvalue weighted by Crippen LogP contribution is 2.13. The molecule has 0 N–H and O–H groups in total. The number of carbonyl (C=O) groups excluding carboxylic acids is 1. The number of rotatable bonds is 4. The third-order valence-electron chi connectivity index (χ3n) is 1.44. The van der Waals surface area contributed by atoms with Gasteiger partial charge in [0.1, 0.15) is 0 Å². The second kappa shape index (κ2) is 4.62. The molecule has 0 saturated heterocycles. The zero-order chi connectivity index (χ0) is 8.81. The molecule has 0 saturated carbocycles. The molecule has 0 aliphatic rings. The summed E-state index contributed by atoms with van der Waals surface area (Å²) in [6.07, 6.45) is 0.701. The zero-order valence-electron chi connectivity index (χ0n) is 6.37. The second-order valence-electron chi connectivity index (χ2n) is 2.18. The van der Waals surface area contributed by atoms with E-state index in [1.54, 1.807) is 36.6 Å². The Hall–Kier alpha value is -1.22. The Kier molecular flexibility index (Phi) is 3.41. The minimum absolute atomic E-state index is 0.616. The van der Waals surface area contributed by atoms with Crippen LogP contribution in [0.4, 0.5) is 4.39 Å². The highest BCUT2D eigenvalue weighted by molar-refractivity contribution is 5.60. The summed E-state index contributed by atoms with van der Waals surface area (Å²) in [6.45, 7) is -0.977. The van der Waals surface area contributed by atoms with Crippen molar-refractivity contribution < 1.29 is 13.9 Å². The first-order chi connectivity index (χ1) is 5.88. The predicted octanol–water partition coefficient (Wildman–Crippen LogP) is 1.78. The predicted molar refractivity (Wildman–Crippen MR) is 41.9 cm³/mol. The van der Waals surface area contributed by atoms with Gasteiger partial charge in [-0.1, -0.05) is 30.3 Å². The lowest BCUT2D eigenvalue weighted by Gasteiger charge is -2.07. The van der Waals surface area contributed by atoms with E-state index in [1.165, 1.54) is 0 Å². The van der Waals surface area contributed by atoms with Crippen molar-refractivity contribution in [2.45, 2.75) is 6.10 Å². The quantitative estimate of drug-likeness (QED) is 0.683. The van der Waals surface area contributed by atoms with E-state index in [-0.39, 0.29) is 0 Å². The van der Waals surface area contributed by atoms with Crippen molar-refractivity contribution in [2.24, 2.45) is 0 Å². The van der Waals surface area contributed by atoms with E-state index in [1.807, 2.05) is 0 Å². The number of benzene rings is 1. The molecule has 0 heterocycles. The smallest absolute Gasteiger partial charge is 0.234 e. The fourth-order valence-electron chi connectivity index (χ4n) is 0.889. The van der Waals surface area contributed by atoms with Crippen molar-refractivity contribution in [3.8, 4) is 0 Å². The number of halogens is 1. The molecule has 1 unspecified atom stereocenters. The molecular formula is C9H8FO2. The fraction of sp³-hybridized carbons (Fsp3) is 0.222. The van der Waals surface area contributed by atoms with Crippen molar-refractivity contribution in [2.75, 3.05) is 6.86 Å². The van der Waals surface area contributed by atoms with Gasteiger partial charge in [-0.2, -0.15) is 0 Å². The third kappa shape index (κ3) is 2.13. The minimum Gasteiger partial charge on any atom is -0.334 e. The van der Waals surface area contributed by atoms with Gasteiger partial charge in [0, 0.05) is 0 Å². The van der Waals surface area contributed by atoms with Crippen LogP contribution in [-0.2, 0) is 9.53 Å². The minimum atomic E-state index is -0.977. The molecule has 1 rings (SSSR count). The number of hydrogen-bond acceptors (Lipinski definition) is 2. The average molecular weight is 167 g/mol. The molecule has 0 bridgehead atoms. The van der Waals surface area contributed by atoms with Gasteiger partial charge in [-0.25, -0.2) is 4.39 Å². The van der Waals surface area contributed by atoms with E-state index in [9.17, 15) is 9.18 Å². The van der Waals surface area contributed by atoms with Crippen LogP contribution in [0.15, 0.2) is 30.3 Å². The summed E-state index contributed by atoms with van der Waals surface area (Å²) in [4.78, 5) is 10.3. The lowest BCUT2D eigenvalue weighted by Crippen LogP contribution is -2.04. The highest BCUT2D eigenvalue weighted by atomic mass is 19.1. The molecular weight excluding hydrogens is 159 g/mol. The molecule has 1 aromatic rings. The second-order valence-corrected chi connectivity index (χ2v) is 2.18. The van der Waals surface area contributed by atoms with Gasteiger partial charge < -0.3 is 4.74 Å². The normalized spacial score (nSPS) is 12.4. The van der Waals surface area contributed by atoms with Crippen molar-refractivity contribution >= 4 is 6.29 Å². The van der Waals surface area contributed by atoms with Gasteiger partial charge in [-0.15, -0.1) is 0 Å². The van der Waals surface area contributed by atoms with Crippen molar-refractivity contribution in [3.63, 3.8) is 0 Å². The summed E-state index contributed by atoms with van der Waals surface area (Å²) in [6, 6.07) is 8.68. The summed E-state index contributed by atoms with van der Waals surface area (Å²) in [5, 5.41) is 0. The molecule has 63 valence electrons. The maximum atomic E-state index is 11.7. The average Bonchev–Trinajstić information content (AvgIpc) is 2.15. The highest BCUT2D eigenvalue weighted by Gasteiger charge is 2.10. The number of alkyl halides is 1. The Morgan fingerprint density at radius 1 is 1.42 bits per heavy atom. The molecule has 0 aliphatic heterocycles. The third-order valence-corrected chi connectivity index (χ3v) is 1.44. The lowest BCUT2D eigenvalue weighted by atomic mass is 10.1. The molecule has 0 fully saturated rings. The van der Waals surface area contributed by atoms with Crippen molar-refractivity contribution in [1.29, 1.82) is 0 Å². The molecule has 0 amide bonds. The van der Waals surface area contributed by atoms with Crippen LogP contribution in [0.2, 0.25) is 0 Å². The van der Waals surface area contributed by atoms with Gasteiger partial charge in [0.2, 0.25) is 6.29 Å². The van der Waals surface area contributed by atoms with E-state index in [2.05, 4.69) is 4.74 Å². The van der Waals surface area contributed by atoms with Crippen LogP contribution < -0.4 is 0 Å². The van der Waals surface area contributed by atoms with Crippen LogP contribution in [0.3, 0.4) is 0 Å². The van der Waals surface area contributed by atoms with E-state index in [0.29, 0.717) is 5.56 Å². The maximum absolute atomic E-state index is 11.7. The molecule has 0 aromatic heterocycles. The van der Waals surface area contributed by atoms with Gasteiger partial charge in [0.15, 0.2) is 13.0 Å². The Morgan fingerprint density at radius 3 is 2.58 bits per heavy atom. The number of hydrogen-bond donors (Lipinski definition) is 0. The summed E-state index contributed by atoms with van der Waals surface area (Å²) >= 11 is 0. The van der Waals surface area contributed by atoms with E-state index < -0.39 is 13.0 Å². The lowest BCUT2D eigenvalue weighted by molar-refractivity contribution is 0.0279. The molecule has 1 aromatic carbocycles. The molecule has 0 spiro atoms. The van der Waals surface area contributed by atoms with Crippen LogP contribution in [0.25, 0.3) is 0 Å². The summed E-state index contributed by atoms with van der Waals surface area (Å²) in [5.41, 5.74) is 0.616. The first kappa shape index (κ1) is 8.87. The van der Waals surface area contributed by atoms with Crippen LogP contribution in [0.5, 0.6) is 0 Å². The van der Waals surface area contributed by atoms with Crippen LogP contribution in [0, 0.1) is 0 Å². The van der Waals surface area contributed by atoms with Gasteiger partial charge in [-0.3, -0.25) is 4.79 Å². The largest absolute Gasteiger partial charge is 0.334 e. The van der Waals surface area contributed by atoms with E-state index >= 15 is 0 Å². The first-order valence-corrected chi connectivity index (χ1v) is 3.48. The van der Waals surface area contributed by atoms with Gasteiger partial charge in [0.05, 0.1) is 0 Å². The Balaban J connectivity index is 2.73. The van der Waals surface area contributed by atoms with Crippen LogP contribution in [-0.4, -0.2) is 13.1 Å². The van der Waals surface area contributed by atoms with Gasteiger partial charge in [-0.05, 0) is 5.56 Å². The first-order valence-electron chi connectivity index (χ1n) is 3.48. The standard InChI is InChI=1S/C9H8FO2/c10-7-12-9(6-11)8-4-2-1-3-5-8/h1-5,9H,7H2. The molecule has 2 nitrogen and oxygen atoms in total. The van der Waals surface area contributed by atoms with Crippen molar-refractivity contribution in [3.05, 3.63) is 35.9 Å². The van der Waals surface area contributed by atoms with Crippen LogP contribution in [0.1, 0.15) is 11.7 Å². The zero-order valence-corrected chi connectivity index (χ0v) is 6.37. The monoisotopic (exact) mass is 167 g/mol. The summed E-state index contributed by atoms with van der Waals surface area (Å²) in [7, 11) is 0. The molecule has 1 radical (unpaired) electrons. The summed E-state index contributed by atoms with van der Waals surface area (Å²) < 4.78 is 16.2. The van der Waals surface area contributed by atoms with Gasteiger partial charge in [0.25, 0.3) is 0 Å². The van der Waals surface area contributed by atoms with E-state index in [4.69, 9.17) is 0 Å². The molecule has 0 aliphatic carbocycles. The molecule has 3 heteroatoms. The van der Waals surface area contributed by atoms with Crippen LogP contribution >= 0.6 is 0 Å². The maximum Gasteiger partial charge on any atom is 0.234 e. The summed E-state index contributed by atoms with van der Waals surface area (Å²) in [5.74, 6) is 0. The Morgan fingerprint density at radius 2 is 2.08 bits per heavy atom. The Bertz CT molecular complexity index is 236.